The lowest BCUT2D eigenvalue weighted by Crippen LogP contribution is -2.39. The Bertz CT molecular complexity index is 865. The van der Waals surface area contributed by atoms with Gasteiger partial charge in [0.2, 0.25) is 11.9 Å². The molecule has 0 radical (unpaired) electrons. The molecule has 0 aromatic carbocycles. The predicted molar refractivity (Wildman–Crippen MR) is 97.4 cm³/mol. The minimum absolute atomic E-state index is 0.0127. The summed E-state index contributed by atoms with van der Waals surface area (Å²) in [5, 5.41) is 9.89. The highest BCUT2D eigenvalue weighted by molar-refractivity contribution is 5.81. The maximum Gasteiger partial charge on any atom is 0.421 e. The molecule has 1 amide bonds. The zero-order valence-electron chi connectivity index (χ0n) is 15.8. The van der Waals surface area contributed by atoms with E-state index in [1.165, 1.54) is 0 Å². The number of aromatic nitrogens is 4. The van der Waals surface area contributed by atoms with Crippen molar-refractivity contribution >= 4 is 23.4 Å². The fourth-order valence-corrected chi connectivity index (χ4v) is 3.09. The molecule has 3 rings (SSSR count). The van der Waals surface area contributed by atoms with E-state index in [9.17, 15) is 18.0 Å². The lowest BCUT2D eigenvalue weighted by atomic mass is 10.1. The smallest absolute Gasteiger partial charge is 0.370 e. The van der Waals surface area contributed by atoms with Crippen molar-refractivity contribution in [2.24, 2.45) is 0 Å². The van der Waals surface area contributed by atoms with Crippen molar-refractivity contribution in [1.82, 2.24) is 24.6 Å². The van der Waals surface area contributed by atoms with Crippen LogP contribution in [0.3, 0.4) is 0 Å². The van der Waals surface area contributed by atoms with Crippen LogP contribution in [-0.2, 0) is 11.0 Å². The Labute approximate surface area is 160 Å². The summed E-state index contributed by atoms with van der Waals surface area (Å²) < 4.78 is 40.8. The van der Waals surface area contributed by atoms with E-state index < -0.39 is 11.7 Å². The molecule has 2 aromatic heterocycles. The van der Waals surface area contributed by atoms with E-state index in [4.69, 9.17) is 0 Å². The number of hydrogen-bond acceptors (Lipinski definition) is 6. The summed E-state index contributed by atoms with van der Waals surface area (Å²) >= 11 is 0. The number of nitrogens with zero attached hydrogens (tertiary/aromatic N) is 5. The van der Waals surface area contributed by atoms with Crippen LogP contribution in [0.15, 0.2) is 12.4 Å². The number of hydrogen-bond donors (Lipinski definition) is 2. The molecule has 3 heterocycles. The van der Waals surface area contributed by atoms with Gasteiger partial charge in [-0.3, -0.25) is 9.48 Å². The van der Waals surface area contributed by atoms with Gasteiger partial charge in [0.15, 0.2) is 0 Å². The van der Waals surface area contributed by atoms with Crippen LogP contribution in [-0.4, -0.2) is 50.7 Å². The summed E-state index contributed by atoms with van der Waals surface area (Å²) in [6, 6.07) is -0.390. The molecule has 1 atom stereocenters. The zero-order valence-corrected chi connectivity index (χ0v) is 15.8. The summed E-state index contributed by atoms with van der Waals surface area (Å²) in [5.74, 6) is -0.291. The number of likely N-dealkylation sites (tertiary alicyclic amines) is 1. The van der Waals surface area contributed by atoms with Gasteiger partial charge in [-0.25, -0.2) is 4.98 Å². The molecule has 1 saturated heterocycles. The molecule has 2 N–H and O–H groups in total. The van der Waals surface area contributed by atoms with Gasteiger partial charge >= 0.3 is 6.18 Å². The van der Waals surface area contributed by atoms with Crippen molar-refractivity contribution in [1.29, 1.82) is 0 Å². The number of piperidine rings is 1. The van der Waals surface area contributed by atoms with Crippen LogP contribution in [0.25, 0.3) is 0 Å². The maximum absolute atomic E-state index is 13.1. The van der Waals surface area contributed by atoms with E-state index in [-0.39, 0.29) is 30.3 Å². The fourth-order valence-electron chi connectivity index (χ4n) is 3.09. The van der Waals surface area contributed by atoms with Crippen molar-refractivity contribution in [2.75, 3.05) is 30.8 Å². The van der Waals surface area contributed by atoms with Crippen LogP contribution in [0.5, 0.6) is 0 Å². The summed E-state index contributed by atoms with van der Waals surface area (Å²) in [6.45, 7) is 4.42. The van der Waals surface area contributed by atoms with Gasteiger partial charge in [-0.1, -0.05) is 0 Å². The number of carbonyl (C=O) groups is 1. The number of anilines is 3. The molecule has 1 unspecified atom stereocenters. The Hall–Kier alpha value is -2.85. The number of amides is 1. The van der Waals surface area contributed by atoms with E-state index in [1.807, 2.05) is 0 Å². The van der Waals surface area contributed by atoms with Crippen LogP contribution in [0.2, 0.25) is 0 Å². The SMILES string of the molecule is CCNc1nc(Nc2cn(C3CCCN(C)C3=O)nc2C)ncc1C(F)(F)F. The van der Waals surface area contributed by atoms with Crippen LogP contribution in [0.1, 0.15) is 37.1 Å². The van der Waals surface area contributed by atoms with Gasteiger partial charge in [0, 0.05) is 32.5 Å². The second-order valence-corrected chi connectivity index (χ2v) is 6.63. The van der Waals surface area contributed by atoms with E-state index in [1.54, 1.807) is 36.7 Å². The molecule has 0 saturated carbocycles. The molecule has 1 fully saturated rings. The summed E-state index contributed by atoms with van der Waals surface area (Å²) in [5.41, 5.74) is 0.195. The van der Waals surface area contributed by atoms with E-state index in [0.717, 1.165) is 12.6 Å². The molecule has 8 nitrogen and oxygen atoms in total. The third-order valence-corrected chi connectivity index (χ3v) is 4.55. The van der Waals surface area contributed by atoms with Crippen LogP contribution in [0.4, 0.5) is 30.6 Å². The molecular weight excluding hydrogens is 375 g/mol. The molecule has 1 aliphatic rings. The van der Waals surface area contributed by atoms with E-state index >= 15 is 0 Å². The average molecular weight is 397 g/mol. The first-order chi connectivity index (χ1) is 13.2. The number of carbonyl (C=O) groups excluding carboxylic acids is 1. The lowest BCUT2D eigenvalue weighted by Gasteiger charge is -2.29. The number of halogens is 3. The molecule has 1 aliphatic heterocycles. The third-order valence-electron chi connectivity index (χ3n) is 4.55. The Morgan fingerprint density at radius 1 is 1.36 bits per heavy atom. The van der Waals surface area contributed by atoms with Gasteiger partial charge in [0.1, 0.15) is 17.4 Å². The second-order valence-electron chi connectivity index (χ2n) is 6.63. The van der Waals surface area contributed by atoms with Gasteiger partial charge in [-0.05, 0) is 26.7 Å². The standard InChI is InChI=1S/C17H22F3N7O/c1-4-21-14-11(17(18,19)20)8-22-16(24-14)23-12-9-27(25-10(12)2)13-6-5-7-26(3)15(13)28/h8-9,13H,4-7H2,1-3H3,(H2,21,22,23,24). The Kier molecular flexibility index (Phi) is 5.43. The van der Waals surface area contributed by atoms with Crippen LogP contribution < -0.4 is 10.6 Å². The molecule has 11 heteroatoms. The average Bonchev–Trinajstić information content (AvgIpc) is 2.97. The van der Waals surface area contributed by atoms with Crippen LogP contribution in [0, 0.1) is 6.92 Å². The van der Waals surface area contributed by atoms with Crippen molar-refractivity contribution in [3.63, 3.8) is 0 Å². The quantitative estimate of drug-likeness (QED) is 0.807. The maximum atomic E-state index is 13.1. The Balaban J connectivity index is 1.85. The zero-order chi connectivity index (χ0) is 20.5. The second kappa shape index (κ2) is 7.64. The van der Waals surface area contributed by atoms with Gasteiger partial charge in [-0.2, -0.15) is 23.3 Å². The van der Waals surface area contributed by atoms with Gasteiger partial charge < -0.3 is 15.5 Å². The highest BCUT2D eigenvalue weighted by Crippen LogP contribution is 2.34. The number of aryl methyl sites for hydroxylation is 1. The fraction of sp³-hybridized carbons (Fsp3) is 0.529. The van der Waals surface area contributed by atoms with E-state index in [0.29, 0.717) is 24.3 Å². The highest BCUT2D eigenvalue weighted by atomic mass is 19.4. The first kappa shape index (κ1) is 19.9. The third kappa shape index (κ3) is 4.02. The summed E-state index contributed by atoms with van der Waals surface area (Å²) in [6.07, 6.45) is -0.588. The summed E-state index contributed by atoms with van der Waals surface area (Å²) in [4.78, 5) is 21.8. The van der Waals surface area contributed by atoms with E-state index in [2.05, 4.69) is 25.7 Å². The molecular formula is C17H22F3N7O. The van der Waals surface area contributed by atoms with Crippen molar-refractivity contribution in [3.05, 3.63) is 23.7 Å². The number of nitrogens with one attached hydrogen (secondary N) is 2. The number of likely N-dealkylation sites (N-methyl/N-ethyl adjacent to an activating group) is 1. The molecule has 152 valence electrons. The van der Waals surface area contributed by atoms with Crippen molar-refractivity contribution < 1.29 is 18.0 Å². The topological polar surface area (TPSA) is 88.0 Å². The Morgan fingerprint density at radius 3 is 2.79 bits per heavy atom. The van der Waals surface area contributed by atoms with Crippen LogP contribution >= 0.6 is 0 Å². The van der Waals surface area contributed by atoms with Crippen molar-refractivity contribution in [3.8, 4) is 0 Å². The Morgan fingerprint density at radius 2 is 2.11 bits per heavy atom. The first-order valence-corrected chi connectivity index (χ1v) is 8.96. The molecule has 2 aromatic rings. The minimum Gasteiger partial charge on any atom is -0.370 e. The lowest BCUT2D eigenvalue weighted by molar-refractivity contribution is -0.137. The normalized spacial score (nSPS) is 17.7. The molecule has 0 bridgehead atoms. The highest BCUT2D eigenvalue weighted by Gasteiger charge is 2.35. The largest absolute Gasteiger partial charge is 0.421 e. The van der Waals surface area contributed by atoms with Gasteiger partial charge in [0.05, 0.1) is 11.4 Å². The predicted octanol–water partition coefficient (Wildman–Crippen LogP) is 2.97. The van der Waals surface area contributed by atoms with Gasteiger partial charge in [0.25, 0.3) is 0 Å². The first-order valence-electron chi connectivity index (χ1n) is 8.96. The monoisotopic (exact) mass is 397 g/mol. The number of rotatable bonds is 5. The van der Waals surface area contributed by atoms with Gasteiger partial charge in [-0.15, -0.1) is 0 Å². The molecule has 28 heavy (non-hydrogen) atoms. The summed E-state index contributed by atoms with van der Waals surface area (Å²) in [7, 11) is 1.75. The minimum atomic E-state index is -4.55. The molecule has 0 spiro atoms. The van der Waals surface area contributed by atoms with Crippen molar-refractivity contribution in [2.45, 2.75) is 38.9 Å². The number of alkyl halides is 3. The molecule has 0 aliphatic carbocycles.